The second-order valence-electron chi connectivity index (χ2n) is 5.78. The number of hydrogen-bond donors (Lipinski definition) is 1. The largest absolute Gasteiger partial charge is 0.479 e. The number of furan rings is 1. The number of carbonyl (C=O) groups is 1. The van der Waals surface area contributed by atoms with Crippen molar-refractivity contribution in [2.24, 2.45) is 0 Å². The fourth-order valence-corrected chi connectivity index (χ4v) is 2.38. The highest BCUT2D eigenvalue weighted by molar-refractivity contribution is 6.03. The molecule has 0 spiro atoms. The second-order valence-corrected chi connectivity index (χ2v) is 5.78. The first-order chi connectivity index (χ1) is 14.7. The summed E-state index contributed by atoms with van der Waals surface area (Å²) in [5.74, 6) is -14.3. The number of halogens is 7. The maximum atomic E-state index is 13.6. The summed E-state index contributed by atoms with van der Waals surface area (Å²) in [5.41, 5.74) is -0.0941. The summed E-state index contributed by atoms with van der Waals surface area (Å²) in [5, 5.41) is 2.27. The molecule has 0 aliphatic heterocycles. The van der Waals surface area contributed by atoms with Crippen LogP contribution in [-0.4, -0.2) is 12.5 Å². The van der Waals surface area contributed by atoms with E-state index in [1.165, 1.54) is 24.3 Å². The molecule has 1 aromatic heterocycles. The van der Waals surface area contributed by atoms with Crippen molar-refractivity contribution >= 4 is 11.6 Å². The summed E-state index contributed by atoms with van der Waals surface area (Å²) in [4.78, 5) is 12.2. The van der Waals surface area contributed by atoms with Gasteiger partial charge in [0, 0.05) is 0 Å². The minimum atomic E-state index is -3.13. The van der Waals surface area contributed by atoms with Gasteiger partial charge < -0.3 is 19.2 Å². The number of alkyl halides is 2. The van der Waals surface area contributed by atoms with Crippen LogP contribution in [-0.2, 0) is 6.61 Å². The van der Waals surface area contributed by atoms with Crippen molar-refractivity contribution in [3.05, 3.63) is 77.0 Å². The Hall–Kier alpha value is -3.70. The van der Waals surface area contributed by atoms with E-state index < -0.39 is 54.0 Å². The lowest BCUT2D eigenvalue weighted by molar-refractivity contribution is -0.0493. The molecule has 0 radical (unpaired) electrons. The van der Waals surface area contributed by atoms with Crippen LogP contribution in [0.5, 0.6) is 11.5 Å². The van der Waals surface area contributed by atoms with Gasteiger partial charge >= 0.3 is 6.61 Å². The first-order valence-electron chi connectivity index (χ1n) is 8.27. The normalized spacial score (nSPS) is 11.0. The number of carbonyl (C=O) groups excluding carboxylic acids is 1. The third-order valence-corrected chi connectivity index (χ3v) is 3.77. The van der Waals surface area contributed by atoms with Crippen molar-refractivity contribution < 1.29 is 49.4 Å². The number of ether oxygens (including phenoxy) is 2. The molecule has 3 aromatic rings. The van der Waals surface area contributed by atoms with Gasteiger partial charge in [-0.25, -0.2) is 13.2 Å². The highest BCUT2D eigenvalue weighted by atomic mass is 19.3. The van der Waals surface area contributed by atoms with E-state index in [1.54, 1.807) is 0 Å². The number of rotatable bonds is 7. The summed E-state index contributed by atoms with van der Waals surface area (Å²) in [6.07, 6.45) is 0. The highest BCUT2D eigenvalue weighted by Crippen LogP contribution is 2.30. The Morgan fingerprint density at radius 3 is 2.16 bits per heavy atom. The molecule has 0 atom stereocenters. The molecular weight excluding hydrogens is 439 g/mol. The molecule has 0 bridgehead atoms. The molecule has 0 unspecified atom stereocenters. The lowest BCUT2D eigenvalue weighted by Crippen LogP contribution is -2.13. The van der Waals surface area contributed by atoms with E-state index in [0.29, 0.717) is 0 Å². The number of hydrogen-bond acceptors (Lipinski definition) is 4. The van der Waals surface area contributed by atoms with Crippen LogP contribution in [0.15, 0.2) is 40.8 Å². The van der Waals surface area contributed by atoms with Crippen molar-refractivity contribution in [2.45, 2.75) is 13.2 Å². The van der Waals surface area contributed by atoms with E-state index >= 15 is 0 Å². The van der Waals surface area contributed by atoms with Gasteiger partial charge in [0.25, 0.3) is 5.91 Å². The molecule has 2 aromatic carbocycles. The standard InChI is InChI=1S/C19H10F7NO4/c20-12-13(21)15(23)17(16(24)14(12)22)29-7-8-5-6-11(30-8)18(28)27-9-3-1-2-4-10(9)31-19(25)26/h1-6,19H,7H2,(H,27,28). The Bertz CT molecular complexity index is 1090. The summed E-state index contributed by atoms with van der Waals surface area (Å²) in [7, 11) is 0. The van der Waals surface area contributed by atoms with E-state index in [0.717, 1.165) is 12.1 Å². The van der Waals surface area contributed by atoms with Crippen LogP contribution in [0.4, 0.5) is 36.4 Å². The van der Waals surface area contributed by atoms with Gasteiger partial charge in [-0.3, -0.25) is 4.79 Å². The van der Waals surface area contributed by atoms with E-state index in [-0.39, 0.29) is 23.0 Å². The van der Waals surface area contributed by atoms with Crippen molar-refractivity contribution in [3.63, 3.8) is 0 Å². The van der Waals surface area contributed by atoms with Gasteiger partial charge in [-0.05, 0) is 24.3 Å². The molecule has 0 aliphatic carbocycles. The van der Waals surface area contributed by atoms with Crippen LogP contribution in [0, 0.1) is 29.1 Å². The smallest absolute Gasteiger partial charge is 0.387 e. The lowest BCUT2D eigenvalue weighted by Gasteiger charge is -2.11. The third kappa shape index (κ3) is 4.73. The number of benzene rings is 2. The Kier molecular flexibility index (Phi) is 6.37. The predicted molar refractivity (Wildman–Crippen MR) is 90.3 cm³/mol. The number of nitrogens with one attached hydrogen (secondary N) is 1. The Morgan fingerprint density at radius 2 is 1.52 bits per heavy atom. The molecule has 31 heavy (non-hydrogen) atoms. The Labute approximate surface area is 169 Å². The minimum Gasteiger partial charge on any atom is -0.479 e. The molecule has 1 heterocycles. The zero-order valence-electron chi connectivity index (χ0n) is 15.0. The SMILES string of the molecule is O=C(Nc1ccccc1OC(F)F)c1ccc(COc2c(F)c(F)c(F)c(F)c2F)o1. The van der Waals surface area contributed by atoms with Crippen LogP contribution in [0.25, 0.3) is 0 Å². The van der Waals surface area contributed by atoms with Gasteiger partial charge in [-0.15, -0.1) is 0 Å². The number of anilines is 1. The van der Waals surface area contributed by atoms with Crippen molar-refractivity contribution in [2.75, 3.05) is 5.32 Å². The van der Waals surface area contributed by atoms with Crippen LogP contribution < -0.4 is 14.8 Å². The lowest BCUT2D eigenvalue weighted by atomic mass is 10.2. The summed E-state index contributed by atoms with van der Waals surface area (Å²) in [6.45, 7) is -3.91. The zero-order chi connectivity index (χ0) is 22.7. The molecule has 3 rings (SSSR count). The topological polar surface area (TPSA) is 60.7 Å². The molecule has 1 amide bonds. The molecule has 12 heteroatoms. The monoisotopic (exact) mass is 449 g/mol. The summed E-state index contributed by atoms with van der Waals surface area (Å²) in [6, 6.07) is 7.57. The van der Waals surface area contributed by atoms with Crippen LogP contribution >= 0.6 is 0 Å². The fourth-order valence-electron chi connectivity index (χ4n) is 2.38. The van der Waals surface area contributed by atoms with Gasteiger partial charge in [-0.1, -0.05) is 12.1 Å². The predicted octanol–water partition coefficient (Wildman–Crippen LogP) is 5.41. The Balaban J connectivity index is 1.71. The molecule has 0 saturated carbocycles. The molecule has 0 fully saturated rings. The zero-order valence-corrected chi connectivity index (χ0v) is 15.0. The van der Waals surface area contributed by atoms with Gasteiger partial charge in [0.05, 0.1) is 5.69 Å². The van der Waals surface area contributed by atoms with E-state index in [1.807, 2.05) is 0 Å². The fraction of sp³-hybridized carbons (Fsp3) is 0.105. The maximum Gasteiger partial charge on any atom is 0.387 e. The van der Waals surface area contributed by atoms with E-state index in [9.17, 15) is 35.5 Å². The molecule has 1 N–H and O–H groups in total. The van der Waals surface area contributed by atoms with Gasteiger partial charge in [0.1, 0.15) is 18.1 Å². The van der Waals surface area contributed by atoms with Crippen molar-refractivity contribution in [1.82, 2.24) is 0 Å². The van der Waals surface area contributed by atoms with Gasteiger partial charge in [0.2, 0.25) is 29.1 Å². The summed E-state index contributed by atoms with van der Waals surface area (Å²) >= 11 is 0. The summed E-state index contributed by atoms with van der Waals surface area (Å²) < 4.78 is 105. The first-order valence-corrected chi connectivity index (χ1v) is 8.27. The van der Waals surface area contributed by atoms with Gasteiger partial charge in [-0.2, -0.15) is 17.6 Å². The number of para-hydroxylation sites is 2. The quantitative estimate of drug-likeness (QED) is 0.298. The van der Waals surface area contributed by atoms with Crippen molar-refractivity contribution in [3.8, 4) is 11.5 Å². The maximum absolute atomic E-state index is 13.6. The van der Waals surface area contributed by atoms with Crippen LogP contribution in [0.1, 0.15) is 16.3 Å². The molecular formula is C19H10F7NO4. The first kappa shape index (κ1) is 22.0. The van der Waals surface area contributed by atoms with E-state index in [4.69, 9.17) is 4.42 Å². The van der Waals surface area contributed by atoms with Crippen LogP contribution in [0.3, 0.4) is 0 Å². The third-order valence-electron chi connectivity index (χ3n) is 3.77. The molecule has 164 valence electrons. The van der Waals surface area contributed by atoms with Crippen molar-refractivity contribution in [1.29, 1.82) is 0 Å². The van der Waals surface area contributed by atoms with Crippen LogP contribution in [0.2, 0.25) is 0 Å². The highest BCUT2D eigenvalue weighted by Gasteiger charge is 2.27. The second kappa shape index (κ2) is 8.98. The molecule has 0 aliphatic rings. The molecule has 0 saturated heterocycles. The van der Waals surface area contributed by atoms with E-state index in [2.05, 4.69) is 14.8 Å². The van der Waals surface area contributed by atoms with Gasteiger partial charge in [0.15, 0.2) is 11.5 Å². The minimum absolute atomic E-state index is 0.0941. The Morgan fingerprint density at radius 1 is 0.903 bits per heavy atom. The average molecular weight is 449 g/mol. The average Bonchev–Trinajstić information content (AvgIpc) is 3.21. The number of amides is 1. The molecule has 5 nitrogen and oxygen atoms in total.